The molecule has 22 heavy (non-hydrogen) atoms. The summed E-state index contributed by atoms with van der Waals surface area (Å²) in [7, 11) is 0. The first-order chi connectivity index (χ1) is 10.6. The van der Waals surface area contributed by atoms with Crippen LogP contribution in [0.4, 0.5) is 0 Å². The number of aryl methyl sites for hydroxylation is 2. The van der Waals surface area contributed by atoms with Gasteiger partial charge in [0.25, 0.3) is 0 Å². The average molecular weight is 311 g/mol. The smallest absolute Gasteiger partial charge is 0.143 e. The molecule has 0 spiro atoms. The highest BCUT2D eigenvalue weighted by molar-refractivity contribution is 7.08. The number of nitrogens with zero attached hydrogens (tertiary/aromatic N) is 3. The molecule has 114 valence electrons. The standard InChI is InChI=1S/C18H21N3S/c1-14-19-20-17(18(2,3)16-10-12-22-13-16)21(14)11-9-15-7-5-4-6-8-15/h4-8,10,12-13H,9,11H2,1-3H3. The zero-order valence-electron chi connectivity index (χ0n) is 13.3. The van der Waals surface area contributed by atoms with E-state index >= 15 is 0 Å². The van der Waals surface area contributed by atoms with E-state index < -0.39 is 0 Å². The molecule has 3 nitrogen and oxygen atoms in total. The molecule has 0 bridgehead atoms. The second-order valence-electron chi connectivity index (χ2n) is 6.10. The fraction of sp³-hybridized carbons (Fsp3) is 0.333. The molecule has 2 heterocycles. The van der Waals surface area contributed by atoms with Crippen LogP contribution in [0.25, 0.3) is 0 Å². The summed E-state index contributed by atoms with van der Waals surface area (Å²) in [5.74, 6) is 2.02. The second-order valence-corrected chi connectivity index (χ2v) is 6.88. The molecule has 0 saturated heterocycles. The predicted molar refractivity (Wildman–Crippen MR) is 91.4 cm³/mol. The van der Waals surface area contributed by atoms with E-state index in [0.717, 1.165) is 24.6 Å². The lowest BCUT2D eigenvalue weighted by molar-refractivity contribution is 0.525. The van der Waals surface area contributed by atoms with Gasteiger partial charge in [-0.3, -0.25) is 0 Å². The monoisotopic (exact) mass is 311 g/mol. The lowest BCUT2D eigenvalue weighted by Gasteiger charge is -2.24. The van der Waals surface area contributed by atoms with E-state index in [9.17, 15) is 0 Å². The second kappa shape index (κ2) is 6.05. The summed E-state index contributed by atoms with van der Waals surface area (Å²) in [5, 5.41) is 13.1. The molecule has 2 aromatic heterocycles. The Labute approximate surface area is 135 Å². The Bertz CT molecular complexity index is 727. The van der Waals surface area contributed by atoms with Crippen molar-refractivity contribution in [1.29, 1.82) is 0 Å². The van der Waals surface area contributed by atoms with Crippen molar-refractivity contribution in [2.24, 2.45) is 0 Å². The van der Waals surface area contributed by atoms with Crippen molar-refractivity contribution < 1.29 is 0 Å². The molecule has 4 heteroatoms. The van der Waals surface area contributed by atoms with Crippen molar-refractivity contribution in [1.82, 2.24) is 14.8 Å². The molecule has 0 radical (unpaired) electrons. The van der Waals surface area contributed by atoms with Gasteiger partial charge in [-0.1, -0.05) is 30.3 Å². The first-order valence-corrected chi connectivity index (χ1v) is 8.50. The Morgan fingerprint density at radius 3 is 2.55 bits per heavy atom. The molecule has 0 aliphatic carbocycles. The van der Waals surface area contributed by atoms with Gasteiger partial charge in [-0.25, -0.2) is 0 Å². The van der Waals surface area contributed by atoms with Crippen LogP contribution in [0.2, 0.25) is 0 Å². The maximum atomic E-state index is 4.47. The number of aromatic nitrogens is 3. The van der Waals surface area contributed by atoms with Crippen molar-refractivity contribution in [2.75, 3.05) is 0 Å². The summed E-state index contributed by atoms with van der Waals surface area (Å²) in [6.07, 6.45) is 0.992. The highest BCUT2D eigenvalue weighted by atomic mass is 32.1. The minimum atomic E-state index is -0.127. The van der Waals surface area contributed by atoms with E-state index in [-0.39, 0.29) is 5.41 Å². The van der Waals surface area contributed by atoms with Crippen molar-refractivity contribution in [3.63, 3.8) is 0 Å². The first kappa shape index (κ1) is 15.0. The number of hydrogen-bond acceptors (Lipinski definition) is 3. The summed E-state index contributed by atoms with van der Waals surface area (Å²) in [6.45, 7) is 7.38. The zero-order chi connectivity index (χ0) is 15.6. The quantitative estimate of drug-likeness (QED) is 0.706. The molecule has 3 rings (SSSR count). The Kier molecular flexibility index (Phi) is 4.12. The highest BCUT2D eigenvalue weighted by Crippen LogP contribution is 2.32. The van der Waals surface area contributed by atoms with Gasteiger partial charge in [-0.05, 0) is 55.1 Å². The Hall–Kier alpha value is -1.94. The summed E-state index contributed by atoms with van der Waals surface area (Å²) in [5.41, 5.74) is 2.51. The van der Waals surface area contributed by atoms with Crippen LogP contribution in [0.1, 0.15) is 36.6 Å². The third kappa shape index (κ3) is 2.83. The molecular formula is C18H21N3S. The van der Waals surface area contributed by atoms with Crippen LogP contribution in [0, 0.1) is 6.92 Å². The Balaban J connectivity index is 1.88. The number of hydrogen-bond donors (Lipinski definition) is 0. The van der Waals surface area contributed by atoms with Gasteiger partial charge < -0.3 is 4.57 Å². The Morgan fingerprint density at radius 1 is 1.09 bits per heavy atom. The van der Waals surface area contributed by atoms with Crippen molar-refractivity contribution in [2.45, 2.75) is 39.2 Å². The lowest BCUT2D eigenvalue weighted by atomic mass is 9.85. The van der Waals surface area contributed by atoms with Gasteiger partial charge in [0, 0.05) is 6.54 Å². The van der Waals surface area contributed by atoms with Crippen LogP contribution >= 0.6 is 11.3 Å². The molecule has 0 fully saturated rings. The fourth-order valence-electron chi connectivity index (χ4n) is 2.75. The zero-order valence-corrected chi connectivity index (χ0v) is 14.1. The third-order valence-corrected chi connectivity index (χ3v) is 4.89. The van der Waals surface area contributed by atoms with Crippen LogP contribution < -0.4 is 0 Å². The fourth-order valence-corrected chi connectivity index (χ4v) is 3.57. The lowest BCUT2D eigenvalue weighted by Crippen LogP contribution is -2.25. The number of thiophene rings is 1. The van der Waals surface area contributed by atoms with E-state index in [1.807, 2.05) is 6.92 Å². The van der Waals surface area contributed by atoms with E-state index in [1.165, 1.54) is 11.1 Å². The maximum Gasteiger partial charge on any atom is 0.143 e. The van der Waals surface area contributed by atoms with Gasteiger partial charge in [0.2, 0.25) is 0 Å². The van der Waals surface area contributed by atoms with E-state index in [1.54, 1.807) is 11.3 Å². The van der Waals surface area contributed by atoms with Gasteiger partial charge in [0.05, 0.1) is 5.41 Å². The number of benzene rings is 1. The largest absolute Gasteiger partial charge is 0.314 e. The van der Waals surface area contributed by atoms with Crippen LogP contribution in [-0.2, 0) is 18.4 Å². The first-order valence-electron chi connectivity index (χ1n) is 7.56. The van der Waals surface area contributed by atoms with E-state index in [4.69, 9.17) is 0 Å². The summed E-state index contributed by atoms with van der Waals surface area (Å²) in [4.78, 5) is 0. The topological polar surface area (TPSA) is 30.7 Å². The highest BCUT2D eigenvalue weighted by Gasteiger charge is 2.30. The SMILES string of the molecule is Cc1nnc(C(C)(C)c2ccsc2)n1CCc1ccccc1. The summed E-state index contributed by atoms with van der Waals surface area (Å²) in [6, 6.07) is 12.7. The van der Waals surface area contributed by atoms with Crippen LogP contribution in [0.15, 0.2) is 47.2 Å². The van der Waals surface area contributed by atoms with Gasteiger partial charge >= 0.3 is 0 Å². The van der Waals surface area contributed by atoms with Gasteiger partial charge in [0.15, 0.2) is 0 Å². The molecule has 1 aromatic carbocycles. The molecular weight excluding hydrogens is 290 g/mol. The van der Waals surface area contributed by atoms with Crippen LogP contribution in [0.3, 0.4) is 0 Å². The van der Waals surface area contributed by atoms with Crippen molar-refractivity contribution >= 4 is 11.3 Å². The van der Waals surface area contributed by atoms with Crippen LogP contribution in [0.5, 0.6) is 0 Å². The normalized spacial score (nSPS) is 11.8. The molecule has 0 saturated carbocycles. The molecule has 0 unspecified atom stereocenters. The van der Waals surface area contributed by atoms with Gasteiger partial charge in [-0.15, -0.1) is 10.2 Å². The van der Waals surface area contributed by atoms with Gasteiger partial charge in [0.1, 0.15) is 11.6 Å². The van der Waals surface area contributed by atoms with E-state index in [2.05, 4.69) is 75.8 Å². The van der Waals surface area contributed by atoms with Crippen LogP contribution in [-0.4, -0.2) is 14.8 Å². The minimum Gasteiger partial charge on any atom is -0.314 e. The molecule has 0 aliphatic rings. The molecule has 0 atom stereocenters. The number of rotatable bonds is 5. The molecule has 0 amide bonds. The van der Waals surface area contributed by atoms with E-state index in [0.29, 0.717) is 0 Å². The molecule has 0 aliphatic heterocycles. The minimum absolute atomic E-state index is 0.127. The predicted octanol–water partition coefficient (Wildman–Crippen LogP) is 4.22. The van der Waals surface area contributed by atoms with Crippen molar-refractivity contribution in [3.05, 3.63) is 69.9 Å². The maximum absolute atomic E-state index is 4.47. The molecule has 0 N–H and O–H groups in total. The van der Waals surface area contributed by atoms with Gasteiger partial charge in [-0.2, -0.15) is 11.3 Å². The third-order valence-electron chi connectivity index (χ3n) is 4.20. The molecule has 3 aromatic rings. The van der Waals surface area contributed by atoms with Crippen molar-refractivity contribution in [3.8, 4) is 0 Å². The summed E-state index contributed by atoms with van der Waals surface area (Å²) < 4.78 is 2.25. The Morgan fingerprint density at radius 2 is 1.86 bits per heavy atom. The average Bonchev–Trinajstić information content (AvgIpc) is 3.16. The summed E-state index contributed by atoms with van der Waals surface area (Å²) >= 11 is 1.73.